The summed E-state index contributed by atoms with van der Waals surface area (Å²) in [5.41, 5.74) is 6.57. The number of nitrogens with one attached hydrogen (secondary N) is 1. The Labute approximate surface area is 89.2 Å². The van der Waals surface area contributed by atoms with Crippen LogP contribution in [-0.4, -0.2) is 25.9 Å². The molecule has 1 aliphatic heterocycles. The van der Waals surface area contributed by atoms with Crippen LogP contribution in [0.3, 0.4) is 0 Å². The number of aryl methyl sites for hydroxylation is 1. The Morgan fingerprint density at radius 2 is 2.38 bits per heavy atom. The van der Waals surface area contributed by atoms with Gasteiger partial charge in [-0.25, -0.2) is 0 Å². The minimum atomic E-state index is -0.428. The number of H-pyrrole nitrogens is 1. The van der Waals surface area contributed by atoms with E-state index >= 15 is 0 Å². The molecule has 0 radical (unpaired) electrons. The molecule has 1 aliphatic rings. The molecule has 7 heteroatoms. The first-order valence-corrected chi connectivity index (χ1v) is 4.92. The van der Waals surface area contributed by atoms with E-state index in [9.17, 15) is 9.59 Å². The molecule has 82 valence electrons. The van der Waals surface area contributed by atoms with Gasteiger partial charge in [-0.15, -0.1) is 5.10 Å². The van der Waals surface area contributed by atoms with Crippen LogP contribution >= 0.6 is 0 Å². The molecule has 0 aliphatic carbocycles. The first-order chi connectivity index (χ1) is 7.68. The lowest BCUT2D eigenvalue weighted by molar-refractivity contribution is -0.120. The Hall–Kier alpha value is -2.18. The second kappa shape index (κ2) is 2.91. The van der Waals surface area contributed by atoms with Gasteiger partial charge in [-0.3, -0.25) is 9.59 Å². The second-order valence-electron chi connectivity index (χ2n) is 3.82. The number of nitrogens with two attached hydrogens (primary N) is 1. The van der Waals surface area contributed by atoms with Crippen molar-refractivity contribution in [2.75, 3.05) is 0 Å². The first-order valence-electron chi connectivity index (χ1n) is 4.92. The van der Waals surface area contributed by atoms with Crippen LogP contribution in [0.4, 0.5) is 0 Å². The average molecular weight is 219 g/mol. The SMILES string of the molecule is NC(=O)C1CCc2cc(=O)c3n[nH]nc3n21. The summed E-state index contributed by atoms with van der Waals surface area (Å²) in [5, 5.41) is 10.1. The molecule has 0 fully saturated rings. The molecule has 7 nitrogen and oxygen atoms in total. The monoisotopic (exact) mass is 219 g/mol. The summed E-state index contributed by atoms with van der Waals surface area (Å²) in [5.74, 6) is -0.410. The van der Waals surface area contributed by atoms with Crippen LogP contribution < -0.4 is 11.2 Å². The van der Waals surface area contributed by atoms with E-state index in [1.165, 1.54) is 6.07 Å². The predicted molar refractivity (Wildman–Crippen MR) is 54.7 cm³/mol. The van der Waals surface area contributed by atoms with Crippen molar-refractivity contribution in [2.45, 2.75) is 18.9 Å². The van der Waals surface area contributed by atoms with Crippen LogP contribution in [0.25, 0.3) is 11.2 Å². The van der Waals surface area contributed by atoms with Crippen molar-refractivity contribution in [1.82, 2.24) is 20.0 Å². The molecule has 1 amide bonds. The molecule has 0 saturated heterocycles. The van der Waals surface area contributed by atoms with Crippen molar-refractivity contribution in [3.8, 4) is 0 Å². The fourth-order valence-corrected chi connectivity index (χ4v) is 2.21. The average Bonchev–Trinajstić information content (AvgIpc) is 2.80. The molecule has 2 aromatic heterocycles. The number of rotatable bonds is 1. The Morgan fingerprint density at radius 1 is 1.56 bits per heavy atom. The van der Waals surface area contributed by atoms with Gasteiger partial charge in [0.05, 0.1) is 0 Å². The fraction of sp³-hybridized carbons (Fsp3) is 0.333. The molecule has 2 aromatic rings. The van der Waals surface area contributed by atoms with E-state index in [4.69, 9.17) is 5.73 Å². The summed E-state index contributed by atoms with van der Waals surface area (Å²) < 4.78 is 1.70. The van der Waals surface area contributed by atoms with E-state index in [1.807, 2.05) is 0 Å². The van der Waals surface area contributed by atoms with Crippen LogP contribution in [0.1, 0.15) is 18.2 Å². The topological polar surface area (TPSA) is 107 Å². The zero-order chi connectivity index (χ0) is 11.3. The molecule has 3 N–H and O–H groups in total. The zero-order valence-corrected chi connectivity index (χ0v) is 8.30. The van der Waals surface area contributed by atoms with Gasteiger partial charge in [-0.2, -0.15) is 10.3 Å². The quantitative estimate of drug-likeness (QED) is 0.647. The van der Waals surface area contributed by atoms with Crippen molar-refractivity contribution in [3.05, 3.63) is 22.0 Å². The van der Waals surface area contributed by atoms with E-state index in [1.54, 1.807) is 4.57 Å². The van der Waals surface area contributed by atoms with Gasteiger partial charge in [0.15, 0.2) is 11.2 Å². The lowest BCUT2D eigenvalue weighted by atomic mass is 10.2. The molecular formula is C9H9N5O2. The molecule has 1 atom stereocenters. The summed E-state index contributed by atoms with van der Waals surface area (Å²) in [4.78, 5) is 22.9. The van der Waals surface area contributed by atoms with Gasteiger partial charge >= 0.3 is 0 Å². The Kier molecular flexibility index (Phi) is 1.65. The summed E-state index contributed by atoms with van der Waals surface area (Å²) in [6.45, 7) is 0. The Balaban J connectivity index is 2.39. The van der Waals surface area contributed by atoms with Gasteiger partial charge < -0.3 is 10.3 Å². The van der Waals surface area contributed by atoms with Gasteiger partial charge in [-0.05, 0) is 12.8 Å². The lowest BCUT2D eigenvalue weighted by Crippen LogP contribution is -2.25. The fourth-order valence-electron chi connectivity index (χ4n) is 2.21. The number of hydrogen-bond donors (Lipinski definition) is 2. The third-order valence-corrected chi connectivity index (χ3v) is 2.91. The first kappa shape index (κ1) is 9.08. The highest BCUT2D eigenvalue weighted by Crippen LogP contribution is 2.27. The largest absolute Gasteiger partial charge is 0.368 e. The number of aromatic amines is 1. The summed E-state index contributed by atoms with van der Waals surface area (Å²) in [6, 6.07) is 1.07. The minimum Gasteiger partial charge on any atom is -0.368 e. The highest BCUT2D eigenvalue weighted by Gasteiger charge is 2.29. The van der Waals surface area contributed by atoms with Gasteiger partial charge in [-0.1, -0.05) is 0 Å². The smallest absolute Gasteiger partial charge is 0.240 e. The van der Waals surface area contributed by atoms with Crippen molar-refractivity contribution in [1.29, 1.82) is 0 Å². The van der Waals surface area contributed by atoms with E-state index in [0.717, 1.165) is 5.69 Å². The number of carbonyl (C=O) groups is 1. The van der Waals surface area contributed by atoms with E-state index in [2.05, 4.69) is 15.4 Å². The van der Waals surface area contributed by atoms with Crippen molar-refractivity contribution in [2.24, 2.45) is 5.73 Å². The molecular weight excluding hydrogens is 210 g/mol. The number of amides is 1. The molecule has 0 spiro atoms. The Morgan fingerprint density at radius 3 is 3.12 bits per heavy atom. The summed E-state index contributed by atoms with van der Waals surface area (Å²) >= 11 is 0. The molecule has 0 bridgehead atoms. The second-order valence-corrected chi connectivity index (χ2v) is 3.82. The highest BCUT2D eigenvalue weighted by atomic mass is 16.1. The van der Waals surface area contributed by atoms with Crippen molar-refractivity contribution in [3.63, 3.8) is 0 Å². The van der Waals surface area contributed by atoms with Crippen LogP contribution in [0.5, 0.6) is 0 Å². The number of primary amides is 1. The van der Waals surface area contributed by atoms with Crippen molar-refractivity contribution < 1.29 is 4.79 Å². The molecule has 0 aromatic carbocycles. The Bertz CT molecular complexity index is 641. The van der Waals surface area contributed by atoms with Crippen molar-refractivity contribution >= 4 is 17.1 Å². The predicted octanol–water partition coefficient (Wildman–Crippen LogP) is -0.908. The molecule has 1 unspecified atom stereocenters. The number of hydrogen-bond acceptors (Lipinski definition) is 4. The maximum atomic E-state index is 11.6. The van der Waals surface area contributed by atoms with Gasteiger partial charge in [0.25, 0.3) is 0 Å². The number of carbonyl (C=O) groups excluding carboxylic acids is 1. The van der Waals surface area contributed by atoms with E-state index < -0.39 is 11.9 Å². The molecule has 16 heavy (non-hydrogen) atoms. The third-order valence-electron chi connectivity index (χ3n) is 2.91. The highest BCUT2D eigenvalue weighted by molar-refractivity contribution is 5.82. The number of pyridine rings is 1. The number of fused-ring (bicyclic) bond motifs is 3. The maximum absolute atomic E-state index is 11.6. The van der Waals surface area contributed by atoms with Crippen LogP contribution in [0, 0.1) is 0 Å². The van der Waals surface area contributed by atoms with Gasteiger partial charge in [0, 0.05) is 11.8 Å². The normalized spacial score (nSPS) is 18.9. The van der Waals surface area contributed by atoms with Gasteiger partial charge in [0.2, 0.25) is 11.3 Å². The summed E-state index contributed by atoms with van der Waals surface area (Å²) in [7, 11) is 0. The van der Waals surface area contributed by atoms with E-state index in [0.29, 0.717) is 18.5 Å². The zero-order valence-electron chi connectivity index (χ0n) is 8.30. The number of nitrogens with zero attached hydrogens (tertiary/aromatic N) is 3. The maximum Gasteiger partial charge on any atom is 0.240 e. The standard InChI is InChI=1S/C9H9N5O2/c10-8(16)5-2-1-4-3-6(15)7-9(14(4)5)12-13-11-7/h3,5H,1-2H2,(H2,10,16)(H,11,12,13). The lowest BCUT2D eigenvalue weighted by Gasteiger charge is -2.11. The molecule has 3 heterocycles. The van der Waals surface area contributed by atoms with Crippen LogP contribution in [0.2, 0.25) is 0 Å². The van der Waals surface area contributed by atoms with Gasteiger partial charge in [0.1, 0.15) is 6.04 Å². The molecule has 3 rings (SSSR count). The van der Waals surface area contributed by atoms with E-state index in [-0.39, 0.29) is 10.9 Å². The number of aromatic nitrogens is 4. The van der Waals surface area contributed by atoms with Crippen LogP contribution in [-0.2, 0) is 11.2 Å². The minimum absolute atomic E-state index is 0.180. The summed E-state index contributed by atoms with van der Waals surface area (Å²) in [6.07, 6.45) is 1.27. The van der Waals surface area contributed by atoms with Crippen LogP contribution in [0.15, 0.2) is 10.9 Å². The molecule has 0 saturated carbocycles. The third kappa shape index (κ3) is 1.02.